The van der Waals surface area contributed by atoms with Crippen LogP contribution in [-0.2, 0) is 6.42 Å². The van der Waals surface area contributed by atoms with E-state index in [2.05, 4.69) is 36.1 Å². The molecule has 2 N–H and O–H groups in total. The van der Waals surface area contributed by atoms with Gasteiger partial charge in [0.15, 0.2) is 11.5 Å². The molecule has 2 aromatic carbocycles. The molecule has 2 rings (SSSR count). The predicted octanol–water partition coefficient (Wildman–Crippen LogP) is 2.95. The molecule has 7 nitrogen and oxygen atoms in total. The summed E-state index contributed by atoms with van der Waals surface area (Å²) in [6.07, 6.45) is 1.06. The normalized spacial score (nSPS) is 10.1. The maximum absolute atomic E-state index is 10.8. The Labute approximate surface area is 172 Å². The fourth-order valence-corrected chi connectivity index (χ4v) is 2.71. The highest BCUT2D eigenvalue weighted by Gasteiger charge is 2.15. The van der Waals surface area contributed by atoms with Crippen LogP contribution in [0.1, 0.15) is 22.8 Å². The van der Waals surface area contributed by atoms with Gasteiger partial charge >= 0.3 is 5.97 Å². The summed E-state index contributed by atoms with van der Waals surface area (Å²) in [7, 11) is 4.33. The van der Waals surface area contributed by atoms with E-state index < -0.39 is 5.97 Å². The number of benzene rings is 2. The third-order valence-electron chi connectivity index (χ3n) is 4.33. The van der Waals surface area contributed by atoms with Crippen LogP contribution in [0.5, 0.6) is 17.2 Å². The van der Waals surface area contributed by atoms with Crippen LogP contribution < -0.4 is 14.2 Å². The highest BCUT2D eigenvalue weighted by atomic mass is 16.5. The second kappa shape index (κ2) is 13.4. The lowest BCUT2D eigenvalue weighted by atomic mass is 10.1. The Morgan fingerprint density at radius 3 is 1.97 bits per heavy atom. The molecule has 0 saturated carbocycles. The highest BCUT2D eigenvalue weighted by Crippen LogP contribution is 2.38. The fraction of sp³-hybridized carbons (Fsp3) is 0.409. The van der Waals surface area contributed by atoms with Crippen LogP contribution in [0.25, 0.3) is 0 Å². The first kappa shape index (κ1) is 24.3. The molecule has 29 heavy (non-hydrogen) atoms. The van der Waals surface area contributed by atoms with Gasteiger partial charge in [-0.25, -0.2) is 4.79 Å². The van der Waals surface area contributed by atoms with E-state index in [1.807, 2.05) is 6.07 Å². The van der Waals surface area contributed by atoms with Crippen molar-refractivity contribution < 1.29 is 29.2 Å². The van der Waals surface area contributed by atoms with E-state index in [0.29, 0.717) is 17.2 Å². The number of hydrogen-bond donors (Lipinski definition) is 2. The minimum Gasteiger partial charge on any atom is -0.493 e. The van der Waals surface area contributed by atoms with Gasteiger partial charge in [-0.15, -0.1) is 0 Å². The monoisotopic (exact) mass is 405 g/mol. The summed E-state index contributed by atoms with van der Waals surface area (Å²) in [6.45, 7) is 5.20. The smallest absolute Gasteiger partial charge is 0.335 e. The molecule has 0 radical (unpaired) electrons. The van der Waals surface area contributed by atoms with Gasteiger partial charge in [0.05, 0.1) is 33.5 Å². The summed E-state index contributed by atoms with van der Waals surface area (Å²) >= 11 is 0. The Morgan fingerprint density at radius 1 is 0.966 bits per heavy atom. The number of aromatic carboxylic acids is 1. The second-order valence-electron chi connectivity index (χ2n) is 6.11. The van der Waals surface area contributed by atoms with Gasteiger partial charge in [0.1, 0.15) is 0 Å². The van der Waals surface area contributed by atoms with Gasteiger partial charge in [-0.1, -0.05) is 37.3 Å². The van der Waals surface area contributed by atoms with E-state index in [4.69, 9.17) is 24.4 Å². The molecule has 0 aliphatic heterocycles. The highest BCUT2D eigenvalue weighted by molar-refractivity contribution is 5.89. The third-order valence-corrected chi connectivity index (χ3v) is 4.33. The van der Waals surface area contributed by atoms with E-state index in [1.165, 1.54) is 39.0 Å². The second-order valence-corrected chi connectivity index (χ2v) is 6.11. The minimum atomic E-state index is -1.05. The number of hydrogen-bond acceptors (Lipinski definition) is 6. The zero-order valence-corrected chi connectivity index (χ0v) is 17.6. The van der Waals surface area contributed by atoms with Crippen molar-refractivity contribution in [1.29, 1.82) is 0 Å². The van der Waals surface area contributed by atoms with Crippen LogP contribution in [0, 0.1) is 0 Å². The van der Waals surface area contributed by atoms with E-state index >= 15 is 0 Å². The van der Waals surface area contributed by atoms with E-state index in [0.717, 1.165) is 26.1 Å². The zero-order chi connectivity index (χ0) is 21.6. The van der Waals surface area contributed by atoms with E-state index in [9.17, 15) is 4.79 Å². The lowest BCUT2D eigenvalue weighted by molar-refractivity contribution is 0.0696. The summed E-state index contributed by atoms with van der Waals surface area (Å²) in [4.78, 5) is 13.0. The van der Waals surface area contributed by atoms with Gasteiger partial charge in [0.2, 0.25) is 5.75 Å². The number of methoxy groups -OCH3 is 3. The Bertz CT molecular complexity index is 710. The minimum absolute atomic E-state index is 0.0875. The van der Waals surface area contributed by atoms with Crippen molar-refractivity contribution in [3.05, 3.63) is 53.6 Å². The Kier molecular flexibility index (Phi) is 11.2. The van der Waals surface area contributed by atoms with Crippen LogP contribution in [0.3, 0.4) is 0 Å². The van der Waals surface area contributed by atoms with E-state index in [-0.39, 0.29) is 12.2 Å². The van der Waals surface area contributed by atoms with Crippen molar-refractivity contribution in [2.24, 2.45) is 0 Å². The van der Waals surface area contributed by atoms with Gasteiger partial charge in [0.25, 0.3) is 0 Å². The van der Waals surface area contributed by atoms with E-state index in [1.54, 1.807) is 0 Å². The van der Waals surface area contributed by atoms with Crippen molar-refractivity contribution in [2.75, 3.05) is 47.6 Å². The van der Waals surface area contributed by atoms with Crippen molar-refractivity contribution >= 4 is 5.97 Å². The number of nitrogens with zero attached hydrogens (tertiary/aromatic N) is 1. The fourth-order valence-electron chi connectivity index (χ4n) is 2.71. The Balaban J connectivity index is 0.000000291. The number of likely N-dealkylation sites (N-methyl/N-ethyl adjacent to an activating group) is 1. The van der Waals surface area contributed by atoms with Gasteiger partial charge < -0.3 is 29.3 Å². The predicted molar refractivity (Wildman–Crippen MR) is 112 cm³/mol. The van der Waals surface area contributed by atoms with Crippen LogP contribution >= 0.6 is 0 Å². The maximum Gasteiger partial charge on any atom is 0.335 e. The maximum atomic E-state index is 10.8. The topological polar surface area (TPSA) is 88.5 Å². The van der Waals surface area contributed by atoms with Crippen LogP contribution in [0.15, 0.2) is 42.5 Å². The van der Waals surface area contributed by atoms with Gasteiger partial charge in [-0.3, -0.25) is 0 Å². The number of carboxylic acid groups (broad SMARTS) is 1. The van der Waals surface area contributed by atoms with Crippen molar-refractivity contribution in [1.82, 2.24) is 4.90 Å². The molecule has 160 valence electrons. The summed E-state index contributed by atoms with van der Waals surface area (Å²) in [5.74, 6) is -0.0113. The zero-order valence-electron chi connectivity index (χ0n) is 17.6. The molecular formula is C22H31NO6. The molecule has 0 unspecified atom stereocenters. The SMILES string of the molecule is CCN(CCO)CCc1ccccc1.COc1cc(C(=O)O)cc(OC)c1OC. The lowest BCUT2D eigenvalue weighted by Gasteiger charge is -2.18. The summed E-state index contributed by atoms with van der Waals surface area (Å²) in [5.41, 5.74) is 1.45. The number of aliphatic hydroxyl groups is 1. The Morgan fingerprint density at radius 2 is 1.55 bits per heavy atom. The van der Waals surface area contributed by atoms with Gasteiger partial charge in [-0.05, 0) is 30.7 Å². The first-order chi connectivity index (χ1) is 14.0. The molecule has 2 aromatic rings. The number of carbonyl (C=O) groups is 1. The average Bonchev–Trinajstić information content (AvgIpc) is 2.76. The van der Waals surface area contributed by atoms with Crippen LogP contribution in [-0.4, -0.2) is 68.7 Å². The molecule has 0 heterocycles. The van der Waals surface area contributed by atoms with Crippen LogP contribution in [0.2, 0.25) is 0 Å². The molecule has 7 heteroatoms. The molecule has 0 fully saturated rings. The van der Waals surface area contributed by atoms with Gasteiger partial charge in [-0.2, -0.15) is 0 Å². The molecule has 0 spiro atoms. The average molecular weight is 405 g/mol. The third kappa shape index (κ3) is 8.01. The Hall–Kier alpha value is -2.77. The molecule has 0 amide bonds. The van der Waals surface area contributed by atoms with Crippen molar-refractivity contribution in [3.63, 3.8) is 0 Å². The number of aliphatic hydroxyl groups excluding tert-OH is 1. The molecule has 0 saturated heterocycles. The molecule has 0 bridgehead atoms. The lowest BCUT2D eigenvalue weighted by Crippen LogP contribution is -2.28. The first-order valence-corrected chi connectivity index (χ1v) is 9.41. The summed E-state index contributed by atoms with van der Waals surface area (Å²) in [5, 5.41) is 17.7. The molecular weight excluding hydrogens is 374 g/mol. The molecule has 0 atom stereocenters. The standard InChI is InChI=1S/C12H19NO.C10H12O5/c1-2-13(10-11-14)9-8-12-6-4-3-5-7-12;1-13-7-4-6(10(11)12)5-8(14-2)9(7)15-3/h3-7,14H,2,8-11H2,1H3;4-5H,1-3H3,(H,11,12). The summed E-state index contributed by atoms with van der Waals surface area (Å²) in [6, 6.07) is 13.2. The number of carboxylic acids is 1. The quantitative estimate of drug-likeness (QED) is 0.628. The molecule has 0 aliphatic rings. The summed E-state index contributed by atoms with van der Waals surface area (Å²) < 4.78 is 15.1. The van der Waals surface area contributed by atoms with Crippen molar-refractivity contribution in [2.45, 2.75) is 13.3 Å². The molecule has 0 aliphatic carbocycles. The van der Waals surface area contributed by atoms with Gasteiger partial charge in [0, 0.05) is 13.1 Å². The van der Waals surface area contributed by atoms with Crippen molar-refractivity contribution in [3.8, 4) is 17.2 Å². The van der Waals surface area contributed by atoms with Crippen LogP contribution in [0.4, 0.5) is 0 Å². The largest absolute Gasteiger partial charge is 0.493 e. The number of rotatable bonds is 10. The first-order valence-electron chi connectivity index (χ1n) is 9.41. The number of ether oxygens (including phenoxy) is 3. The molecule has 0 aromatic heterocycles.